The molecule has 1 atom stereocenters. The van der Waals surface area contributed by atoms with Gasteiger partial charge in [-0.3, -0.25) is 0 Å². The third-order valence-corrected chi connectivity index (χ3v) is 4.28. The van der Waals surface area contributed by atoms with Gasteiger partial charge in [-0.2, -0.15) is 0 Å². The molecule has 0 radical (unpaired) electrons. The van der Waals surface area contributed by atoms with Gasteiger partial charge in [-0.05, 0) is 63.4 Å². The Kier molecular flexibility index (Phi) is 3.79. The highest BCUT2D eigenvalue weighted by Crippen LogP contribution is 2.35. The van der Waals surface area contributed by atoms with Crippen LogP contribution in [0.25, 0.3) is 0 Å². The molecule has 2 N–H and O–H groups in total. The molecule has 94 valence electrons. The molecule has 0 aromatic heterocycles. The summed E-state index contributed by atoms with van der Waals surface area (Å²) in [5.41, 5.74) is 7.32. The third kappa shape index (κ3) is 2.83. The first-order valence-electron chi connectivity index (χ1n) is 6.26. The van der Waals surface area contributed by atoms with Crippen LogP contribution in [0.2, 0.25) is 0 Å². The van der Waals surface area contributed by atoms with E-state index < -0.39 is 0 Å². The van der Waals surface area contributed by atoms with Crippen molar-refractivity contribution in [2.45, 2.75) is 32.2 Å². The van der Waals surface area contributed by atoms with E-state index >= 15 is 0 Å². The Balaban J connectivity index is 2.18. The standard InChI is InChI=1S/C14H21BrN2/c1-14(2)9-11(10-16)7-8-17(14)13-5-3-12(15)4-6-13/h3-6,11H,7-10,16H2,1-2H3. The van der Waals surface area contributed by atoms with Crippen molar-refractivity contribution >= 4 is 21.6 Å². The van der Waals surface area contributed by atoms with Gasteiger partial charge in [0.25, 0.3) is 0 Å². The maximum absolute atomic E-state index is 5.80. The molecule has 1 aromatic carbocycles. The molecule has 0 amide bonds. The van der Waals surface area contributed by atoms with E-state index in [-0.39, 0.29) is 5.54 Å². The Bertz CT molecular complexity index is 372. The highest BCUT2D eigenvalue weighted by atomic mass is 79.9. The molecule has 17 heavy (non-hydrogen) atoms. The van der Waals surface area contributed by atoms with Gasteiger partial charge in [0, 0.05) is 22.2 Å². The molecule has 1 fully saturated rings. The molecule has 0 spiro atoms. The van der Waals surface area contributed by atoms with E-state index in [0.29, 0.717) is 5.92 Å². The van der Waals surface area contributed by atoms with E-state index in [9.17, 15) is 0 Å². The van der Waals surface area contributed by atoms with Crippen LogP contribution in [0.1, 0.15) is 26.7 Å². The van der Waals surface area contributed by atoms with Crippen LogP contribution in [0.4, 0.5) is 5.69 Å². The predicted octanol–water partition coefficient (Wildman–Crippen LogP) is 3.40. The molecule has 2 rings (SSSR count). The molecule has 0 aliphatic carbocycles. The number of halogens is 1. The van der Waals surface area contributed by atoms with Crippen molar-refractivity contribution in [3.8, 4) is 0 Å². The van der Waals surface area contributed by atoms with Gasteiger partial charge in [0.05, 0.1) is 0 Å². The normalized spacial score (nSPS) is 23.8. The molecule has 0 bridgehead atoms. The summed E-state index contributed by atoms with van der Waals surface area (Å²) < 4.78 is 1.14. The molecule has 1 aliphatic rings. The number of anilines is 1. The fraction of sp³-hybridized carbons (Fsp3) is 0.571. The van der Waals surface area contributed by atoms with E-state index in [4.69, 9.17) is 5.73 Å². The van der Waals surface area contributed by atoms with E-state index in [1.54, 1.807) is 0 Å². The number of hydrogen-bond acceptors (Lipinski definition) is 2. The highest BCUT2D eigenvalue weighted by molar-refractivity contribution is 9.10. The summed E-state index contributed by atoms with van der Waals surface area (Å²) in [6, 6.07) is 8.60. The van der Waals surface area contributed by atoms with E-state index in [1.165, 1.54) is 18.5 Å². The Hall–Kier alpha value is -0.540. The van der Waals surface area contributed by atoms with Gasteiger partial charge in [-0.1, -0.05) is 15.9 Å². The molecule has 1 heterocycles. The first-order chi connectivity index (χ1) is 8.03. The second-order valence-corrected chi connectivity index (χ2v) is 6.45. The lowest BCUT2D eigenvalue weighted by Crippen LogP contribution is -2.51. The highest BCUT2D eigenvalue weighted by Gasteiger charge is 2.34. The topological polar surface area (TPSA) is 29.3 Å². The van der Waals surface area contributed by atoms with Crippen LogP contribution in [-0.2, 0) is 0 Å². The summed E-state index contributed by atoms with van der Waals surface area (Å²) in [5, 5.41) is 0. The molecular weight excluding hydrogens is 276 g/mol. The zero-order chi connectivity index (χ0) is 12.5. The van der Waals surface area contributed by atoms with Gasteiger partial charge in [0.15, 0.2) is 0 Å². The molecule has 2 nitrogen and oxygen atoms in total. The van der Waals surface area contributed by atoms with Crippen molar-refractivity contribution < 1.29 is 0 Å². The molecule has 1 aromatic rings. The van der Waals surface area contributed by atoms with Crippen molar-refractivity contribution in [2.24, 2.45) is 11.7 Å². The number of rotatable bonds is 2. The molecule has 1 unspecified atom stereocenters. The lowest BCUT2D eigenvalue weighted by molar-refractivity contribution is 0.279. The second kappa shape index (κ2) is 4.99. The minimum Gasteiger partial charge on any atom is -0.366 e. The number of benzene rings is 1. The lowest BCUT2D eigenvalue weighted by Gasteiger charge is -2.47. The number of hydrogen-bond donors (Lipinski definition) is 1. The van der Waals surface area contributed by atoms with Gasteiger partial charge in [0.2, 0.25) is 0 Å². The lowest BCUT2D eigenvalue weighted by atomic mass is 9.82. The molecule has 3 heteroatoms. The van der Waals surface area contributed by atoms with Gasteiger partial charge >= 0.3 is 0 Å². The second-order valence-electron chi connectivity index (χ2n) is 5.54. The van der Waals surface area contributed by atoms with Crippen molar-refractivity contribution in [1.29, 1.82) is 0 Å². The minimum atomic E-state index is 0.204. The average molecular weight is 297 g/mol. The van der Waals surface area contributed by atoms with Crippen LogP contribution in [0.15, 0.2) is 28.7 Å². The molecule has 1 saturated heterocycles. The zero-order valence-corrected chi connectivity index (χ0v) is 12.2. The summed E-state index contributed by atoms with van der Waals surface area (Å²) in [6.07, 6.45) is 2.38. The van der Waals surface area contributed by atoms with Crippen LogP contribution in [-0.4, -0.2) is 18.6 Å². The van der Waals surface area contributed by atoms with Gasteiger partial charge in [0.1, 0.15) is 0 Å². The number of nitrogens with zero attached hydrogens (tertiary/aromatic N) is 1. The molecule has 0 saturated carbocycles. The van der Waals surface area contributed by atoms with Crippen molar-refractivity contribution in [2.75, 3.05) is 18.0 Å². The summed E-state index contributed by atoms with van der Waals surface area (Å²) in [6.45, 7) is 6.56. The number of nitrogens with two attached hydrogens (primary N) is 1. The summed E-state index contributed by atoms with van der Waals surface area (Å²) >= 11 is 3.48. The summed E-state index contributed by atoms with van der Waals surface area (Å²) in [5.74, 6) is 0.677. The first kappa shape index (κ1) is 12.9. The van der Waals surface area contributed by atoms with Crippen LogP contribution < -0.4 is 10.6 Å². The first-order valence-corrected chi connectivity index (χ1v) is 7.05. The fourth-order valence-corrected chi connectivity index (χ4v) is 3.10. The zero-order valence-electron chi connectivity index (χ0n) is 10.6. The van der Waals surface area contributed by atoms with E-state index in [0.717, 1.165) is 17.6 Å². The Morgan fingerprint density at radius 1 is 1.35 bits per heavy atom. The Morgan fingerprint density at radius 3 is 2.53 bits per heavy atom. The Labute approximate surface area is 112 Å². The quantitative estimate of drug-likeness (QED) is 0.906. The fourth-order valence-electron chi connectivity index (χ4n) is 2.83. The molecule has 1 aliphatic heterocycles. The van der Waals surface area contributed by atoms with Crippen LogP contribution in [0, 0.1) is 5.92 Å². The third-order valence-electron chi connectivity index (χ3n) is 3.75. The smallest absolute Gasteiger partial charge is 0.0371 e. The van der Waals surface area contributed by atoms with E-state index in [2.05, 4.69) is 58.9 Å². The van der Waals surface area contributed by atoms with Crippen LogP contribution in [0.3, 0.4) is 0 Å². The SMILES string of the molecule is CC1(C)CC(CN)CCN1c1ccc(Br)cc1. The van der Waals surface area contributed by atoms with Gasteiger partial charge in [-0.15, -0.1) is 0 Å². The van der Waals surface area contributed by atoms with Crippen LogP contribution >= 0.6 is 15.9 Å². The van der Waals surface area contributed by atoms with Gasteiger partial charge < -0.3 is 10.6 Å². The van der Waals surface area contributed by atoms with Crippen molar-refractivity contribution in [3.05, 3.63) is 28.7 Å². The minimum absolute atomic E-state index is 0.204. The van der Waals surface area contributed by atoms with Crippen LogP contribution in [0.5, 0.6) is 0 Å². The predicted molar refractivity (Wildman–Crippen MR) is 77.3 cm³/mol. The average Bonchev–Trinajstić information content (AvgIpc) is 2.29. The van der Waals surface area contributed by atoms with Crippen molar-refractivity contribution in [1.82, 2.24) is 0 Å². The number of piperidine rings is 1. The molecular formula is C14H21BrN2. The maximum atomic E-state index is 5.80. The maximum Gasteiger partial charge on any atom is 0.0371 e. The largest absolute Gasteiger partial charge is 0.366 e. The van der Waals surface area contributed by atoms with Gasteiger partial charge in [-0.25, -0.2) is 0 Å². The monoisotopic (exact) mass is 296 g/mol. The Morgan fingerprint density at radius 2 is 2.00 bits per heavy atom. The summed E-state index contributed by atoms with van der Waals surface area (Å²) in [7, 11) is 0. The van der Waals surface area contributed by atoms with E-state index in [1.807, 2.05) is 0 Å². The van der Waals surface area contributed by atoms with Crippen molar-refractivity contribution in [3.63, 3.8) is 0 Å². The summed E-state index contributed by atoms with van der Waals surface area (Å²) in [4.78, 5) is 2.51.